The topological polar surface area (TPSA) is 63.2 Å². The highest BCUT2D eigenvalue weighted by Crippen LogP contribution is 2.25. The van der Waals surface area contributed by atoms with E-state index in [1.54, 1.807) is 7.05 Å². The molecule has 1 aromatic carbocycles. The van der Waals surface area contributed by atoms with E-state index in [2.05, 4.69) is 15.0 Å². The zero-order valence-electron chi connectivity index (χ0n) is 14.8. The van der Waals surface area contributed by atoms with E-state index in [1.165, 1.54) is 25.3 Å². The molecule has 0 amide bonds. The maximum absolute atomic E-state index is 14.0. The highest BCUT2D eigenvalue weighted by atomic mass is 19.3. The number of nitrogens with one attached hydrogen (secondary N) is 1. The van der Waals surface area contributed by atoms with Crippen molar-refractivity contribution < 1.29 is 27.4 Å². The van der Waals surface area contributed by atoms with Crippen molar-refractivity contribution in [2.24, 2.45) is 16.8 Å². The van der Waals surface area contributed by atoms with Crippen LogP contribution in [0.5, 0.6) is 5.75 Å². The summed E-state index contributed by atoms with van der Waals surface area (Å²) in [7, 11) is 2.89. The molecule has 9 heteroatoms. The number of nitrogens with zero attached hydrogens (tertiary/aromatic N) is 2. The molecule has 2 atom stereocenters. The minimum atomic E-state index is -3.05. The van der Waals surface area contributed by atoms with Gasteiger partial charge in [0.25, 0.3) is 0 Å². The molecule has 1 aliphatic heterocycles. The molecule has 1 aromatic rings. The molecule has 1 fully saturated rings. The number of halogens is 3. The molecular weight excluding hydrogens is 351 g/mol. The van der Waals surface area contributed by atoms with Crippen molar-refractivity contribution in [3.8, 4) is 5.75 Å². The van der Waals surface area contributed by atoms with Crippen LogP contribution in [0.1, 0.15) is 12.5 Å². The van der Waals surface area contributed by atoms with E-state index in [0.717, 1.165) is 0 Å². The summed E-state index contributed by atoms with van der Waals surface area (Å²) in [6.07, 6.45) is 0. The van der Waals surface area contributed by atoms with Gasteiger partial charge in [0, 0.05) is 32.2 Å². The summed E-state index contributed by atoms with van der Waals surface area (Å²) in [6.45, 7) is -0.229. The van der Waals surface area contributed by atoms with E-state index in [1.807, 2.05) is 11.8 Å². The van der Waals surface area contributed by atoms with E-state index >= 15 is 0 Å². The Kier molecular flexibility index (Phi) is 6.70. The number of rotatable bonds is 5. The Labute approximate surface area is 150 Å². The van der Waals surface area contributed by atoms with Gasteiger partial charge in [-0.05, 0) is 18.1 Å². The Bertz CT molecular complexity index is 670. The molecule has 1 N–H and O–H groups in total. The molecule has 0 aliphatic carbocycles. The van der Waals surface area contributed by atoms with Crippen molar-refractivity contribution in [2.75, 3.05) is 27.2 Å². The second kappa shape index (κ2) is 8.77. The quantitative estimate of drug-likeness (QED) is 0.487. The lowest BCUT2D eigenvalue weighted by Crippen LogP contribution is -2.40. The fraction of sp³-hybridized carbons (Fsp3) is 0.529. The minimum absolute atomic E-state index is 0.0225. The molecule has 0 saturated carbocycles. The second-order valence-corrected chi connectivity index (χ2v) is 6.01. The first-order valence-corrected chi connectivity index (χ1v) is 8.13. The number of likely N-dealkylation sites (tertiary alicyclic amines) is 1. The predicted molar refractivity (Wildman–Crippen MR) is 89.5 cm³/mol. The third kappa shape index (κ3) is 4.59. The number of alkyl halides is 2. The van der Waals surface area contributed by atoms with E-state index in [-0.39, 0.29) is 35.7 Å². The van der Waals surface area contributed by atoms with Crippen LogP contribution in [0.25, 0.3) is 0 Å². The second-order valence-electron chi connectivity index (χ2n) is 6.01. The van der Waals surface area contributed by atoms with Crippen LogP contribution in [-0.2, 0) is 16.1 Å². The molecule has 1 heterocycles. The zero-order chi connectivity index (χ0) is 19.3. The first-order valence-electron chi connectivity index (χ1n) is 8.13. The maximum Gasteiger partial charge on any atom is 0.387 e. The van der Waals surface area contributed by atoms with Crippen LogP contribution < -0.4 is 10.1 Å². The van der Waals surface area contributed by atoms with Gasteiger partial charge in [0.05, 0.1) is 13.0 Å². The summed E-state index contributed by atoms with van der Waals surface area (Å²) in [6, 6.07) is 3.75. The molecule has 0 aromatic heterocycles. The molecule has 2 rings (SSSR count). The lowest BCUT2D eigenvalue weighted by molar-refractivity contribution is -0.146. The first kappa shape index (κ1) is 19.9. The van der Waals surface area contributed by atoms with Crippen molar-refractivity contribution in [3.63, 3.8) is 0 Å². The number of carbonyl (C=O) groups is 1. The van der Waals surface area contributed by atoms with Crippen molar-refractivity contribution >= 4 is 11.9 Å². The van der Waals surface area contributed by atoms with Crippen LogP contribution in [0.2, 0.25) is 0 Å². The van der Waals surface area contributed by atoms with Crippen LogP contribution in [0.4, 0.5) is 13.2 Å². The van der Waals surface area contributed by atoms with Gasteiger partial charge >= 0.3 is 12.6 Å². The summed E-state index contributed by atoms with van der Waals surface area (Å²) < 4.78 is 48.2. The van der Waals surface area contributed by atoms with Gasteiger partial charge in [0.2, 0.25) is 0 Å². The van der Waals surface area contributed by atoms with E-state index in [4.69, 9.17) is 4.74 Å². The molecule has 6 nitrogen and oxygen atoms in total. The fourth-order valence-corrected chi connectivity index (χ4v) is 3.01. The number of ether oxygens (including phenoxy) is 2. The van der Waals surface area contributed by atoms with E-state index in [0.29, 0.717) is 19.0 Å². The molecule has 1 saturated heterocycles. The van der Waals surface area contributed by atoms with Crippen LogP contribution in [0.3, 0.4) is 0 Å². The maximum atomic E-state index is 14.0. The number of hydrogen-bond acceptors (Lipinski definition) is 4. The third-order valence-electron chi connectivity index (χ3n) is 4.34. The van der Waals surface area contributed by atoms with E-state index in [9.17, 15) is 18.0 Å². The zero-order valence-corrected chi connectivity index (χ0v) is 14.8. The predicted octanol–water partition coefficient (Wildman–Crippen LogP) is 2.24. The average molecular weight is 373 g/mol. The Morgan fingerprint density at radius 2 is 2.15 bits per heavy atom. The van der Waals surface area contributed by atoms with Gasteiger partial charge in [-0.2, -0.15) is 8.78 Å². The average Bonchev–Trinajstić information content (AvgIpc) is 2.98. The van der Waals surface area contributed by atoms with Crippen molar-refractivity contribution in [3.05, 3.63) is 29.6 Å². The Hall–Kier alpha value is -2.45. The summed E-state index contributed by atoms with van der Waals surface area (Å²) in [5.74, 6) is -0.970. The monoisotopic (exact) mass is 373 g/mol. The minimum Gasteiger partial charge on any atom is -0.469 e. The van der Waals surface area contributed by atoms with Gasteiger partial charge in [0.1, 0.15) is 11.6 Å². The van der Waals surface area contributed by atoms with Gasteiger partial charge in [0.15, 0.2) is 5.96 Å². The SMILES string of the molecule is CN=C(NCc1c(F)cccc1OC(F)F)N1CC(C)C(C(=O)OC)C1. The molecule has 1 aliphatic rings. The molecule has 0 bridgehead atoms. The number of benzene rings is 1. The number of carbonyl (C=O) groups excluding carboxylic acids is 1. The largest absolute Gasteiger partial charge is 0.469 e. The van der Waals surface area contributed by atoms with Gasteiger partial charge in [-0.3, -0.25) is 9.79 Å². The molecule has 0 radical (unpaired) electrons. The highest BCUT2D eigenvalue weighted by molar-refractivity contribution is 5.82. The van der Waals surface area contributed by atoms with Gasteiger partial charge in [-0.15, -0.1) is 0 Å². The molecule has 2 unspecified atom stereocenters. The fourth-order valence-electron chi connectivity index (χ4n) is 3.01. The van der Waals surface area contributed by atoms with Crippen LogP contribution in [0, 0.1) is 17.7 Å². The van der Waals surface area contributed by atoms with Gasteiger partial charge < -0.3 is 19.7 Å². The lowest BCUT2D eigenvalue weighted by Gasteiger charge is -2.22. The summed E-state index contributed by atoms with van der Waals surface area (Å²) >= 11 is 0. The summed E-state index contributed by atoms with van der Waals surface area (Å²) in [5, 5.41) is 2.94. The van der Waals surface area contributed by atoms with Crippen LogP contribution >= 0.6 is 0 Å². The number of guanidine groups is 1. The first-order chi connectivity index (χ1) is 12.4. The van der Waals surface area contributed by atoms with Gasteiger partial charge in [-0.1, -0.05) is 13.0 Å². The lowest BCUT2D eigenvalue weighted by atomic mass is 9.99. The Morgan fingerprint density at radius 1 is 1.42 bits per heavy atom. The van der Waals surface area contributed by atoms with Crippen molar-refractivity contribution in [1.29, 1.82) is 0 Å². The number of hydrogen-bond donors (Lipinski definition) is 1. The van der Waals surface area contributed by atoms with E-state index < -0.39 is 12.4 Å². The third-order valence-corrected chi connectivity index (χ3v) is 4.34. The molecule has 26 heavy (non-hydrogen) atoms. The van der Waals surface area contributed by atoms with Crippen molar-refractivity contribution in [1.82, 2.24) is 10.2 Å². The summed E-state index contributed by atoms with van der Waals surface area (Å²) in [4.78, 5) is 17.8. The van der Waals surface area contributed by atoms with Crippen LogP contribution in [0.15, 0.2) is 23.2 Å². The number of methoxy groups -OCH3 is 1. The normalized spacial score (nSPS) is 20.4. The standard InChI is InChI=1S/C17H22F3N3O3/c1-10-8-23(9-12(10)15(24)25-3)17(21-2)22-7-11-13(18)5-4-6-14(11)26-16(19)20/h4-6,10,12,16H,7-9H2,1-3H3,(H,21,22). The smallest absolute Gasteiger partial charge is 0.387 e. The molecule has 144 valence electrons. The molecular formula is C17H22F3N3O3. The number of aliphatic imine (C=N–C) groups is 1. The Morgan fingerprint density at radius 3 is 2.77 bits per heavy atom. The molecule has 0 spiro atoms. The Balaban J connectivity index is 2.08. The summed E-state index contributed by atoms with van der Waals surface area (Å²) in [5.41, 5.74) is -0.0225. The van der Waals surface area contributed by atoms with Crippen LogP contribution in [-0.4, -0.2) is 50.7 Å². The highest BCUT2D eigenvalue weighted by Gasteiger charge is 2.36. The van der Waals surface area contributed by atoms with Gasteiger partial charge in [-0.25, -0.2) is 4.39 Å². The van der Waals surface area contributed by atoms with Crippen molar-refractivity contribution in [2.45, 2.75) is 20.1 Å². The number of esters is 1.